The summed E-state index contributed by atoms with van der Waals surface area (Å²) >= 11 is 0. The molecule has 0 aliphatic rings. The zero-order valence-corrected chi connectivity index (χ0v) is 12.9. The Morgan fingerprint density at radius 1 is 1.46 bits per heavy atom. The quantitative estimate of drug-likeness (QED) is 0.684. The monoisotopic (exact) mass is 329 g/mol. The predicted molar refractivity (Wildman–Crippen MR) is 83.2 cm³/mol. The summed E-state index contributed by atoms with van der Waals surface area (Å²) in [6, 6.07) is 3.25. The first kappa shape index (κ1) is 15.8. The largest absolute Gasteiger partial charge is 0.374 e. The van der Waals surface area contributed by atoms with Crippen LogP contribution in [0.25, 0.3) is 10.8 Å². The van der Waals surface area contributed by atoms with Gasteiger partial charge in [-0.05, 0) is 24.4 Å². The summed E-state index contributed by atoms with van der Waals surface area (Å²) in [6.07, 6.45) is 3.01. The lowest BCUT2D eigenvalue weighted by atomic mass is 10.2. The van der Waals surface area contributed by atoms with Crippen LogP contribution < -0.4 is 10.9 Å². The lowest BCUT2D eigenvalue weighted by Crippen LogP contribution is -2.26. The highest BCUT2D eigenvalue weighted by Crippen LogP contribution is 2.08. The van der Waals surface area contributed by atoms with Crippen molar-refractivity contribution in [1.82, 2.24) is 25.4 Å². The third-order valence-corrected chi connectivity index (χ3v) is 3.24. The van der Waals surface area contributed by atoms with E-state index in [2.05, 4.69) is 25.4 Å². The van der Waals surface area contributed by atoms with Crippen LogP contribution in [0.4, 0.5) is 0 Å². The van der Waals surface area contributed by atoms with E-state index in [1.807, 2.05) is 6.92 Å². The topological polar surface area (TPSA) is 123 Å². The Morgan fingerprint density at radius 3 is 3.17 bits per heavy atom. The number of pyridine rings is 2. The summed E-state index contributed by atoms with van der Waals surface area (Å²) in [5.74, 6) is 0.216. The molecule has 1 amide bonds. The Kier molecular flexibility index (Phi) is 4.62. The van der Waals surface area contributed by atoms with Gasteiger partial charge in [-0.25, -0.2) is 0 Å². The standard InChI is InChI=1S/C15H15N5O4/c1-2-23-8-12-19-13(24-20-12)7-17-15(22)11-5-9-3-4-16-6-10(9)14(21)18-11/h3-6H,2,7-8H2,1H3,(H,17,22)(H,18,21). The van der Waals surface area contributed by atoms with Crippen molar-refractivity contribution in [2.75, 3.05) is 6.61 Å². The molecular formula is C15H15N5O4. The number of H-pyrrole nitrogens is 1. The molecule has 0 saturated heterocycles. The lowest BCUT2D eigenvalue weighted by Gasteiger charge is -2.04. The summed E-state index contributed by atoms with van der Waals surface area (Å²) in [6.45, 7) is 2.71. The zero-order valence-electron chi connectivity index (χ0n) is 12.9. The van der Waals surface area contributed by atoms with Gasteiger partial charge in [-0.1, -0.05) is 5.16 Å². The number of aromatic amines is 1. The predicted octanol–water partition coefficient (Wildman–Crippen LogP) is 0.773. The molecule has 0 spiro atoms. The van der Waals surface area contributed by atoms with Gasteiger partial charge in [0.25, 0.3) is 11.5 Å². The van der Waals surface area contributed by atoms with Gasteiger partial charge in [-0.2, -0.15) is 4.98 Å². The van der Waals surface area contributed by atoms with Crippen molar-refractivity contribution in [2.24, 2.45) is 0 Å². The average Bonchev–Trinajstić information content (AvgIpc) is 3.05. The van der Waals surface area contributed by atoms with Gasteiger partial charge in [0.2, 0.25) is 5.89 Å². The second kappa shape index (κ2) is 7.01. The highest BCUT2D eigenvalue weighted by Gasteiger charge is 2.12. The fourth-order valence-electron chi connectivity index (χ4n) is 2.09. The van der Waals surface area contributed by atoms with Crippen molar-refractivity contribution in [3.8, 4) is 0 Å². The smallest absolute Gasteiger partial charge is 0.268 e. The van der Waals surface area contributed by atoms with Crippen molar-refractivity contribution in [3.63, 3.8) is 0 Å². The van der Waals surface area contributed by atoms with Crippen LogP contribution in [0.3, 0.4) is 0 Å². The van der Waals surface area contributed by atoms with E-state index in [4.69, 9.17) is 9.26 Å². The Bertz CT molecular complexity index is 917. The van der Waals surface area contributed by atoms with Gasteiger partial charge in [0.15, 0.2) is 5.82 Å². The Morgan fingerprint density at radius 2 is 2.33 bits per heavy atom. The minimum Gasteiger partial charge on any atom is -0.374 e. The first-order valence-electron chi connectivity index (χ1n) is 7.32. The molecule has 3 aromatic heterocycles. The molecule has 9 nitrogen and oxygen atoms in total. The number of rotatable bonds is 6. The molecule has 0 saturated carbocycles. The maximum absolute atomic E-state index is 12.2. The molecular weight excluding hydrogens is 314 g/mol. The van der Waals surface area contributed by atoms with Crippen LogP contribution in [-0.4, -0.2) is 32.6 Å². The number of amides is 1. The van der Waals surface area contributed by atoms with Crippen LogP contribution in [0, 0.1) is 0 Å². The van der Waals surface area contributed by atoms with Crippen LogP contribution in [-0.2, 0) is 17.9 Å². The van der Waals surface area contributed by atoms with Gasteiger partial charge < -0.3 is 19.6 Å². The number of carbonyl (C=O) groups is 1. The fourth-order valence-corrected chi connectivity index (χ4v) is 2.09. The molecule has 9 heteroatoms. The number of aromatic nitrogens is 4. The van der Waals surface area contributed by atoms with E-state index >= 15 is 0 Å². The number of hydrogen-bond donors (Lipinski definition) is 2. The van der Waals surface area contributed by atoms with E-state index < -0.39 is 5.91 Å². The van der Waals surface area contributed by atoms with E-state index in [1.54, 1.807) is 18.3 Å². The Balaban J connectivity index is 1.69. The summed E-state index contributed by atoms with van der Waals surface area (Å²) in [5, 5.41) is 7.40. The minimum atomic E-state index is -0.449. The van der Waals surface area contributed by atoms with Gasteiger partial charge >= 0.3 is 0 Å². The highest BCUT2D eigenvalue weighted by molar-refractivity contribution is 5.96. The number of nitrogens with zero attached hydrogens (tertiary/aromatic N) is 3. The number of ether oxygens (including phenoxy) is 1. The number of hydrogen-bond acceptors (Lipinski definition) is 7. The maximum atomic E-state index is 12.2. The van der Waals surface area contributed by atoms with Gasteiger partial charge in [0.05, 0.1) is 11.9 Å². The molecule has 3 rings (SSSR count). The summed E-state index contributed by atoms with van der Waals surface area (Å²) in [5.41, 5.74) is -0.227. The summed E-state index contributed by atoms with van der Waals surface area (Å²) < 4.78 is 10.2. The maximum Gasteiger partial charge on any atom is 0.268 e. The molecule has 2 N–H and O–H groups in total. The first-order valence-corrected chi connectivity index (χ1v) is 7.32. The van der Waals surface area contributed by atoms with Crippen LogP contribution in [0.1, 0.15) is 29.1 Å². The second-order valence-corrected chi connectivity index (χ2v) is 4.90. The fraction of sp³-hybridized carbons (Fsp3) is 0.267. The molecule has 0 atom stereocenters. The highest BCUT2D eigenvalue weighted by atomic mass is 16.5. The molecule has 0 aliphatic carbocycles. The zero-order chi connectivity index (χ0) is 16.9. The lowest BCUT2D eigenvalue weighted by molar-refractivity contribution is 0.0941. The molecule has 0 fully saturated rings. The number of fused-ring (bicyclic) bond motifs is 1. The van der Waals surface area contributed by atoms with E-state index in [9.17, 15) is 9.59 Å². The molecule has 0 bridgehead atoms. The third-order valence-electron chi connectivity index (χ3n) is 3.24. The van der Waals surface area contributed by atoms with E-state index in [0.717, 1.165) is 0 Å². The van der Waals surface area contributed by atoms with Crippen LogP contribution >= 0.6 is 0 Å². The molecule has 124 valence electrons. The van der Waals surface area contributed by atoms with Crippen molar-refractivity contribution in [2.45, 2.75) is 20.1 Å². The van der Waals surface area contributed by atoms with Crippen molar-refractivity contribution >= 4 is 16.7 Å². The van der Waals surface area contributed by atoms with Gasteiger partial charge in [-0.3, -0.25) is 14.6 Å². The minimum absolute atomic E-state index is 0.0500. The van der Waals surface area contributed by atoms with Crippen LogP contribution in [0.15, 0.2) is 33.8 Å². The molecule has 3 aromatic rings. The van der Waals surface area contributed by atoms with Gasteiger partial charge in [-0.15, -0.1) is 0 Å². The second-order valence-electron chi connectivity index (χ2n) is 4.90. The van der Waals surface area contributed by atoms with Crippen LogP contribution in [0.5, 0.6) is 0 Å². The molecule has 0 aliphatic heterocycles. The molecule has 3 heterocycles. The van der Waals surface area contributed by atoms with Crippen molar-refractivity contribution in [3.05, 3.63) is 52.3 Å². The summed E-state index contributed by atoms with van der Waals surface area (Å²) in [7, 11) is 0. The van der Waals surface area contributed by atoms with E-state index in [1.165, 1.54) is 6.20 Å². The SMILES string of the molecule is CCOCc1noc(CNC(=O)c2cc3ccncc3c(=O)[nH]2)n1. The molecule has 0 radical (unpaired) electrons. The van der Waals surface area contributed by atoms with E-state index in [-0.39, 0.29) is 30.3 Å². The van der Waals surface area contributed by atoms with Crippen molar-refractivity contribution in [1.29, 1.82) is 0 Å². The number of nitrogens with one attached hydrogen (secondary N) is 2. The normalized spacial score (nSPS) is 10.9. The molecule has 24 heavy (non-hydrogen) atoms. The van der Waals surface area contributed by atoms with Gasteiger partial charge in [0.1, 0.15) is 12.3 Å². The van der Waals surface area contributed by atoms with Crippen molar-refractivity contribution < 1.29 is 14.1 Å². The summed E-state index contributed by atoms with van der Waals surface area (Å²) in [4.78, 5) is 34.6. The molecule has 0 aromatic carbocycles. The Labute approximate surface area is 136 Å². The number of carbonyl (C=O) groups excluding carboxylic acids is 1. The Hall–Kier alpha value is -3.07. The molecule has 0 unspecified atom stereocenters. The third kappa shape index (κ3) is 3.46. The van der Waals surface area contributed by atoms with Gasteiger partial charge in [0, 0.05) is 19.0 Å². The van der Waals surface area contributed by atoms with E-state index in [0.29, 0.717) is 23.2 Å². The van der Waals surface area contributed by atoms with Crippen LogP contribution in [0.2, 0.25) is 0 Å². The average molecular weight is 329 g/mol. The first-order chi connectivity index (χ1) is 11.7.